The van der Waals surface area contributed by atoms with Gasteiger partial charge in [-0.3, -0.25) is 4.79 Å². The molecule has 6 nitrogen and oxygen atoms in total. The lowest BCUT2D eigenvalue weighted by Gasteiger charge is -2.21. The lowest BCUT2D eigenvalue weighted by atomic mass is 10.0. The Balaban J connectivity index is 4.62. The predicted octanol–water partition coefficient (Wildman–Crippen LogP) is -0.553. The summed E-state index contributed by atoms with van der Waals surface area (Å²) in [5.74, 6) is -0.227. The number of hydrogen-bond acceptors (Lipinski definition) is 4. The summed E-state index contributed by atoms with van der Waals surface area (Å²) in [6.07, 6.45) is 1.43. The first-order valence-corrected chi connectivity index (χ1v) is 7.43. The smallest absolute Gasteiger partial charge is 0.238 e. The molecule has 102 valence electrons. The molecule has 0 radical (unpaired) electrons. The number of carbonyl (C=O) groups excluding carboxylic acids is 1. The number of sulfonamides is 1. The van der Waals surface area contributed by atoms with Crippen molar-refractivity contribution in [1.82, 2.24) is 10.0 Å². The summed E-state index contributed by atoms with van der Waals surface area (Å²) < 4.78 is 24.6. The topological polar surface area (TPSA) is 95.5 Å². The standard InChI is InChI=1S/C10H22N2O4S/c1-7(2)5-9(12-17(4,15)16)10(14)11-8(3)6-13/h7-9,12-13H,5-6H2,1-4H3,(H,11,14). The minimum atomic E-state index is -3.43. The van der Waals surface area contributed by atoms with E-state index in [1.165, 1.54) is 0 Å². The van der Waals surface area contributed by atoms with Crippen LogP contribution in [0.4, 0.5) is 0 Å². The Hall–Kier alpha value is -0.660. The zero-order valence-corrected chi connectivity index (χ0v) is 11.5. The summed E-state index contributed by atoms with van der Waals surface area (Å²) in [7, 11) is -3.43. The molecular weight excluding hydrogens is 244 g/mol. The molecule has 17 heavy (non-hydrogen) atoms. The van der Waals surface area contributed by atoms with Crippen LogP contribution in [0, 0.1) is 5.92 Å². The first kappa shape index (κ1) is 16.3. The van der Waals surface area contributed by atoms with E-state index >= 15 is 0 Å². The molecule has 0 aromatic heterocycles. The fourth-order valence-corrected chi connectivity index (χ4v) is 2.05. The van der Waals surface area contributed by atoms with Crippen molar-refractivity contribution in [3.63, 3.8) is 0 Å². The molecular formula is C10H22N2O4S. The normalized spacial score (nSPS) is 15.6. The fraction of sp³-hybridized carbons (Fsp3) is 0.900. The largest absolute Gasteiger partial charge is 0.394 e. The molecule has 0 aliphatic rings. The molecule has 0 fully saturated rings. The van der Waals surface area contributed by atoms with Crippen molar-refractivity contribution in [2.45, 2.75) is 39.3 Å². The zero-order chi connectivity index (χ0) is 13.6. The molecule has 0 aromatic rings. The van der Waals surface area contributed by atoms with Gasteiger partial charge in [0.2, 0.25) is 15.9 Å². The first-order chi connectivity index (χ1) is 7.65. The molecule has 0 bridgehead atoms. The highest BCUT2D eigenvalue weighted by Crippen LogP contribution is 2.06. The second-order valence-electron chi connectivity index (χ2n) is 4.66. The Morgan fingerprint density at radius 2 is 1.82 bits per heavy atom. The molecule has 7 heteroatoms. The van der Waals surface area contributed by atoms with Crippen LogP contribution in [0.1, 0.15) is 27.2 Å². The number of aliphatic hydroxyl groups excluding tert-OH is 1. The van der Waals surface area contributed by atoms with Crippen LogP contribution in [0.15, 0.2) is 0 Å². The van der Waals surface area contributed by atoms with E-state index in [0.717, 1.165) is 6.26 Å². The summed E-state index contributed by atoms with van der Waals surface area (Å²) in [5.41, 5.74) is 0. The van der Waals surface area contributed by atoms with E-state index in [2.05, 4.69) is 10.0 Å². The van der Waals surface area contributed by atoms with Gasteiger partial charge in [-0.05, 0) is 19.3 Å². The van der Waals surface area contributed by atoms with Crippen LogP contribution < -0.4 is 10.0 Å². The number of hydrogen-bond donors (Lipinski definition) is 3. The van der Waals surface area contributed by atoms with Gasteiger partial charge in [0.1, 0.15) is 6.04 Å². The van der Waals surface area contributed by atoms with Crippen molar-refractivity contribution in [2.24, 2.45) is 5.92 Å². The number of nitrogens with one attached hydrogen (secondary N) is 2. The number of amides is 1. The van der Waals surface area contributed by atoms with Crippen LogP contribution in [0.5, 0.6) is 0 Å². The van der Waals surface area contributed by atoms with Gasteiger partial charge >= 0.3 is 0 Å². The minimum Gasteiger partial charge on any atom is -0.394 e. The third-order valence-electron chi connectivity index (χ3n) is 2.04. The molecule has 1 amide bonds. The van der Waals surface area contributed by atoms with Gasteiger partial charge in [0.25, 0.3) is 0 Å². The molecule has 3 N–H and O–H groups in total. The van der Waals surface area contributed by atoms with E-state index in [1.807, 2.05) is 13.8 Å². The highest BCUT2D eigenvalue weighted by molar-refractivity contribution is 7.88. The summed E-state index contributed by atoms with van der Waals surface area (Å²) in [4.78, 5) is 11.8. The minimum absolute atomic E-state index is 0.182. The number of aliphatic hydroxyl groups is 1. The third-order valence-corrected chi connectivity index (χ3v) is 2.76. The van der Waals surface area contributed by atoms with Crippen LogP contribution >= 0.6 is 0 Å². The highest BCUT2D eigenvalue weighted by atomic mass is 32.2. The lowest BCUT2D eigenvalue weighted by Crippen LogP contribution is -2.50. The molecule has 0 saturated heterocycles. The Labute approximate surface area is 103 Å². The van der Waals surface area contributed by atoms with Crippen LogP contribution in [-0.2, 0) is 14.8 Å². The molecule has 2 atom stereocenters. The third kappa shape index (κ3) is 8.12. The number of carbonyl (C=O) groups is 1. The lowest BCUT2D eigenvalue weighted by molar-refractivity contribution is -0.124. The molecule has 0 heterocycles. The van der Waals surface area contributed by atoms with Crippen LogP contribution in [0.2, 0.25) is 0 Å². The van der Waals surface area contributed by atoms with Crippen LogP contribution in [-0.4, -0.2) is 44.4 Å². The molecule has 0 rings (SSSR count). The Kier molecular flexibility index (Phi) is 6.66. The summed E-state index contributed by atoms with van der Waals surface area (Å²) in [6, 6.07) is -1.18. The van der Waals surface area contributed by atoms with Gasteiger partial charge in [-0.25, -0.2) is 13.1 Å². The van der Waals surface area contributed by atoms with Gasteiger partial charge in [0.05, 0.1) is 12.9 Å². The Morgan fingerprint density at radius 3 is 2.18 bits per heavy atom. The maximum atomic E-state index is 11.8. The van der Waals surface area contributed by atoms with Crippen LogP contribution in [0.25, 0.3) is 0 Å². The monoisotopic (exact) mass is 266 g/mol. The van der Waals surface area contributed by atoms with Gasteiger partial charge in [-0.15, -0.1) is 0 Å². The summed E-state index contributed by atoms with van der Waals surface area (Å²) in [5, 5.41) is 11.4. The van der Waals surface area contributed by atoms with Gasteiger partial charge in [0, 0.05) is 6.04 Å². The SMILES string of the molecule is CC(C)CC(NS(C)(=O)=O)C(=O)NC(C)CO. The van der Waals surface area contributed by atoms with E-state index < -0.39 is 28.0 Å². The van der Waals surface area contributed by atoms with E-state index in [9.17, 15) is 13.2 Å². The van der Waals surface area contributed by atoms with Gasteiger partial charge in [0.15, 0.2) is 0 Å². The molecule has 0 aromatic carbocycles. The van der Waals surface area contributed by atoms with Gasteiger partial charge in [-0.1, -0.05) is 13.8 Å². The van der Waals surface area contributed by atoms with Crippen molar-refractivity contribution < 1.29 is 18.3 Å². The van der Waals surface area contributed by atoms with Crippen molar-refractivity contribution in [3.8, 4) is 0 Å². The summed E-state index contributed by atoms with van der Waals surface area (Å²) >= 11 is 0. The molecule has 0 spiro atoms. The number of rotatable bonds is 7. The Morgan fingerprint density at radius 1 is 1.29 bits per heavy atom. The zero-order valence-electron chi connectivity index (χ0n) is 10.7. The van der Waals surface area contributed by atoms with E-state index in [4.69, 9.17) is 5.11 Å². The van der Waals surface area contributed by atoms with Crippen molar-refractivity contribution in [1.29, 1.82) is 0 Å². The Bertz CT molecular complexity index is 340. The maximum absolute atomic E-state index is 11.8. The van der Waals surface area contributed by atoms with Gasteiger partial charge < -0.3 is 10.4 Å². The van der Waals surface area contributed by atoms with E-state index in [0.29, 0.717) is 6.42 Å². The quantitative estimate of drug-likeness (QED) is 0.576. The van der Waals surface area contributed by atoms with Crippen molar-refractivity contribution >= 4 is 15.9 Å². The molecule has 0 aliphatic carbocycles. The second kappa shape index (κ2) is 6.93. The highest BCUT2D eigenvalue weighted by Gasteiger charge is 2.23. The summed E-state index contributed by atoms with van der Waals surface area (Å²) in [6.45, 7) is 5.27. The van der Waals surface area contributed by atoms with E-state index in [-0.39, 0.29) is 12.5 Å². The molecule has 0 aliphatic heterocycles. The van der Waals surface area contributed by atoms with E-state index in [1.54, 1.807) is 6.92 Å². The molecule has 0 saturated carbocycles. The second-order valence-corrected chi connectivity index (χ2v) is 6.44. The van der Waals surface area contributed by atoms with Gasteiger partial charge in [-0.2, -0.15) is 0 Å². The molecule has 2 unspecified atom stereocenters. The maximum Gasteiger partial charge on any atom is 0.238 e. The fourth-order valence-electron chi connectivity index (χ4n) is 1.33. The van der Waals surface area contributed by atoms with Crippen LogP contribution in [0.3, 0.4) is 0 Å². The first-order valence-electron chi connectivity index (χ1n) is 5.54. The average Bonchev–Trinajstić information content (AvgIpc) is 2.13. The average molecular weight is 266 g/mol. The van der Waals surface area contributed by atoms with Crippen molar-refractivity contribution in [2.75, 3.05) is 12.9 Å². The van der Waals surface area contributed by atoms with Crippen molar-refractivity contribution in [3.05, 3.63) is 0 Å². The predicted molar refractivity (Wildman–Crippen MR) is 65.9 cm³/mol.